The second-order valence-corrected chi connectivity index (χ2v) is 8.40. The summed E-state index contributed by atoms with van der Waals surface area (Å²) in [6.45, 7) is 7.03. The Labute approximate surface area is 198 Å². The minimum Gasteiger partial charge on any atom is -0.490 e. The van der Waals surface area contributed by atoms with E-state index in [0.717, 1.165) is 21.8 Å². The van der Waals surface area contributed by atoms with Gasteiger partial charge in [0.05, 0.1) is 19.8 Å². The van der Waals surface area contributed by atoms with E-state index in [0.29, 0.717) is 42.6 Å². The van der Waals surface area contributed by atoms with Crippen LogP contribution in [0.5, 0.6) is 17.2 Å². The lowest BCUT2D eigenvalue weighted by molar-refractivity contribution is -0.117. The molecule has 0 aliphatic carbocycles. The molecule has 1 heterocycles. The molecule has 0 saturated heterocycles. The van der Waals surface area contributed by atoms with Crippen LogP contribution in [0.2, 0.25) is 0 Å². The number of nitrogens with two attached hydrogens (primary N) is 1. The fraction of sp³-hybridized carbons (Fsp3) is 0.318. The third-order valence-electron chi connectivity index (χ3n) is 4.19. The van der Waals surface area contributed by atoms with Gasteiger partial charge in [-0.1, -0.05) is 28.1 Å². The number of rotatable bonds is 11. The number of carbonyl (C=O) groups excluding carboxylic acids is 1. The van der Waals surface area contributed by atoms with Crippen molar-refractivity contribution < 1.29 is 23.4 Å². The summed E-state index contributed by atoms with van der Waals surface area (Å²) in [6, 6.07) is 10.9. The molecule has 1 atom stereocenters. The summed E-state index contributed by atoms with van der Waals surface area (Å²) in [5.74, 6) is 1.32. The molecule has 1 aromatic heterocycles. The average Bonchev–Trinajstić information content (AvgIpc) is 3.23. The van der Waals surface area contributed by atoms with Crippen LogP contribution in [0.25, 0.3) is 11.5 Å². The van der Waals surface area contributed by atoms with Gasteiger partial charge < -0.3 is 24.4 Å². The normalized spacial score (nSPS) is 11.8. The van der Waals surface area contributed by atoms with E-state index in [9.17, 15) is 4.79 Å². The number of amides is 1. The number of nitrogens with zero attached hydrogens (tertiary/aromatic N) is 2. The van der Waals surface area contributed by atoms with Crippen molar-refractivity contribution in [3.05, 3.63) is 46.4 Å². The van der Waals surface area contributed by atoms with Crippen LogP contribution in [0, 0.1) is 0 Å². The summed E-state index contributed by atoms with van der Waals surface area (Å²) in [4.78, 5) is 12.1. The SMILES string of the molecule is CCOc1cc(-c2nnc(SC(C(N)=O)c3cccc(Br)c3)o2)cc(OCC)c1OCC. The van der Waals surface area contributed by atoms with Crippen LogP contribution in [0.4, 0.5) is 0 Å². The molecule has 0 saturated carbocycles. The van der Waals surface area contributed by atoms with Crippen molar-refractivity contribution in [2.75, 3.05) is 19.8 Å². The molecule has 0 bridgehead atoms. The Morgan fingerprint density at radius 2 is 1.72 bits per heavy atom. The van der Waals surface area contributed by atoms with E-state index in [1.165, 1.54) is 0 Å². The van der Waals surface area contributed by atoms with Gasteiger partial charge in [-0.25, -0.2) is 0 Å². The van der Waals surface area contributed by atoms with Crippen molar-refractivity contribution in [1.82, 2.24) is 10.2 Å². The van der Waals surface area contributed by atoms with Crippen LogP contribution < -0.4 is 19.9 Å². The van der Waals surface area contributed by atoms with Crippen LogP contribution in [0.1, 0.15) is 31.6 Å². The van der Waals surface area contributed by atoms with Gasteiger partial charge in [0, 0.05) is 10.0 Å². The topological polar surface area (TPSA) is 110 Å². The van der Waals surface area contributed by atoms with Gasteiger partial charge in [0.15, 0.2) is 11.5 Å². The molecule has 0 aliphatic rings. The summed E-state index contributed by atoms with van der Waals surface area (Å²) < 4.78 is 23.9. The minimum absolute atomic E-state index is 0.216. The third-order valence-corrected chi connectivity index (χ3v) is 5.79. The van der Waals surface area contributed by atoms with Gasteiger partial charge in [-0.05, 0) is 62.4 Å². The van der Waals surface area contributed by atoms with E-state index in [1.54, 1.807) is 12.1 Å². The molecule has 1 amide bonds. The average molecular weight is 522 g/mol. The summed E-state index contributed by atoms with van der Waals surface area (Å²) in [6.07, 6.45) is 0. The van der Waals surface area contributed by atoms with Gasteiger partial charge in [0.1, 0.15) is 5.25 Å². The summed E-state index contributed by atoms with van der Waals surface area (Å²) in [5, 5.41) is 7.76. The van der Waals surface area contributed by atoms with E-state index < -0.39 is 11.2 Å². The molecule has 10 heteroatoms. The molecule has 0 spiro atoms. The number of aromatic nitrogens is 2. The Kier molecular flexibility index (Phi) is 8.40. The second-order valence-electron chi connectivity index (χ2n) is 6.43. The molecule has 0 fully saturated rings. The summed E-state index contributed by atoms with van der Waals surface area (Å²) in [5.41, 5.74) is 6.96. The lowest BCUT2D eigenvalue weighted by Gasteiger charge is -2.16. The maximum absolute atomic E-state index is 12.1. The maximum atomic E-state index is 12.1. The highest BCUT2D eigenvalue weighted by atomic mass is 79.9. The largest absolute Gasteiger partial charge is 0.490 e. The van der Waals surface area contributed by atoms with Gasteiger partial charge in [0.25, 0.3) is 5.22 Å². The maximum Gasteiger partial charge on any atom is 0.277 e. The van der Waals surface area contributed by atoms with Crippen molar-refractivity contribution in [3.63, 3.8) is 0 Å². The summed E-state index contributed by atoms with van der Waals surface area (Å²) >= 11 is 4.50. The number of primary amides is 1. The molecule has 3 aromatic rings. The van der Waals surface area contributed by atoms with E-state index in [4.69, 9.17) is 24.4 Å². The van der Waals surface area contributed by atoms with Crippen molar-refractivity contribution >= 4 is 33.6 Å². The molecule has 0 radical (unpaired) electrons. The highest BCUT2D eigenvalue weighted by Gasteiger charge is 2.24. The first-order chi connectivity index (χ1) is 15.5. The number of carbonyl (C=O) groups is 1. The van der Waals surface area contributed by atoms with Crippen LogP contribution in [-0.4, -0.2) is 35.9 Å². The zero-order valence-electron chi connectivity index (χ0n) is 18.0. The Morgan fingerprint density at radius 3 is 2.28 bits per heavy atom. The lowest BCUT2D eigenvalue weighted by atomic mass is 10.1. The Bertz CT molecular complexity index is 1050. The lowest BCUT2D eigenvalue weighted by Crippen LogP contribution is -2.18. The molecule has 3 rings (SSSR count). The Balaban J connectivity index is 1.93. The van der Waals surface area contributed by atoms with Crippen molar-refractivity contribution in [2.24, 2.45) is 5.73 Å². The first-order valence-electron chi connectivity index (χ1n) is 10.1. The van der Waals surface area contributed by atoms with E-state index in [-0.39, 0.29) is 11.1 Å². The van der Waals surface area contributed by atoms with Gasteiger partial charge in [-0.15, -0.1) is 10.2 Å². The predicted molar refractivity (Wildman–Crippen MR) is 125 cm³/mol. The van der Waals surface area contributed by atoms with Crippen LogP contribution >= 0.6 is 27.7 Å². The first-order valence-corrected chi connectivity index (χ1v) is 11.8. The minimum atomic E-state index is -0.681. The van der Waals surface area contributed by atoms with Crippen molar-refractivity contribution in [3.8, 4) is 28.7 Å². The molecular weight excluding hydrogens is 498 g/mol. The van der Waals surface area contributed by atoms with Crippen molar-refractivity contribution in [1.29, 1.82) is 0 Å². The van der Waals surface area contributed by atoms with Crippen LogP contribution in [0.3, 0.4) is 0 Å². The molecule has 8 nitrogen and oxygen atoms in total. The summed E-state index contributed by atoms with van der Waals surface area (Å²) in [7, 11) is 0. The number of benzene rings is 2. The smallest absolute Gasteiger partial charge is 0.277 e. The number of thioether (sulfide) groups is 1. The van der Waals surface area contributed by atoms with Gasteiger partial charge in [-0.3, -0.25) is 4.79 Å². The van der Waals surface area contributed by atoms with E-state index >= 15 is 0 Å². The quantitative estimate of drug-likeness (QED) is 0.350. The van der Waals surface area contributed by atoms with Crippen LogP contribution in [0.15, 0.2) is 50.5 Å². The predicted octanol–water partition coefficient (Wildman–Crippen LogP) is 5.01. The first kappa shape index (κ1) is 23.9. The molecule has 0 aliphatic heterocycles. The monoisotopic (exact) mass is 521 g/mol. The van der Waals surface area contributed by atoms with Gasteiger partial charge >= 0.3 is 0 Å². The number of hydrogen-bond acceptors (Lipinski definition) is 8. The molecule has 2 aromatic carbocycles. The zero-order chi connectivity index (χ0) is 23.1. The van der Waals surface area contributed by atoms with E-state index in [1.807, 2.05) is 45.0 Å². The Morgan fingerprint density at radius 1 is 1.06 bits per heavy atom. The fourth-order valence-electron chi connectivity index (χ4n) is 2.95. The molecule has 170 valence electrons. The second kappa shape index (κ2) is 11.2. The number of halogens is 1. The van der Waals surface area contributed by atoms with Gasteiger partial charge in [0.2, 0.25) is 17.5 Å². The fourth-order valence-corrected chi connectivity index (χ4v) is 4.18. The van der Waals surface area contributed by atoms with E-state index in [2.05, 4.69) is 26.1 Å². The van der Waals surface area contributed by atoms with Crippen molar-refractivity contribution in [2.45, 2.75) is 31.2 Å². The number of ether oxygens (including phenoxy) is 3. The molecular formula is C22H24BrN3O5S. The highest BCUT2D eigenvalue weighted by Crippen LogP contribution is 2.42. The molecule has 2 N–H and O–H groups in total. The highest BCUT2D eigenvalue weighted by molar-refractivity contribution is 9.10. The molecule has 32 heavy (non-hydrogen) atoms. The third kappa shape index (κ3) is 5.74. The molecule has 1 unspecified atom stereocenters. The number of hydrogen-bond donors (Lipinski definition) is 1. The Hall–Kier alpha value is -2.72. The van der Waals surface area contributed by atoms with Gasteiger partial charge in [-0.2, -0.15) is 0 Å². The standard InChI is InChI=1S/C22H24BrN3O5S/c1-4-28-16-11-14(12-17(29-5-2)18(16)30-6-3)21-25-26-22(31-21)32-19(20(24)27)13-8-7-9-15(23)10-13/h7-12,19H,4-6H2,1-3H3,(H2,24,27). The zero-order valence-corrected chi connectivity index (χ0v) is 20.4. The van der Waals surface area contributed by atoms with Crippen LogP contribution in [-0.2, 0) is 4.79 Å².